The van der Waals surface area contributed by atoms with Crippen molar-refractivity contribution in [3.8, 4) is 0 Å². The molecule has 1 N–H and O–H groups in total. The summed E-state index contributed by atoms with van der Waals surface area (Å²) in [4.78, 5) is 15.5. The Kier molecular flexibility index (Phi) is 4.51. The largest absolute Gasteiger partial charge is 0.481 e. The monoisotopic (exact) mass is 269 g/mol. The van der Waals surface area contributed by atoms with E-state index < -0.39 is 11.9 Å². The number of carboxylic acids is 1. The molecule has 0 saturated heterocycles. The maximum atomic E-state index is 11.6. The Morgan fingerprint density at radius 3 is 2.55 bits per heavy atom. The van der Waals surface area contributed by atoms with E-state index >= 15 is 0 Å². The van der Waals surface area contributed by atoms with Crippen molar-refractivity contribution >= 4 is 5.97 Å². The van der Waals surface area contributed by atoms with E-state index in [2.05, 4.69) is 4.98 Å². The molecule has 0 aliphatic carbocycles. The van der Waals surface area contributed by atoms with Crippen LogP contribution in [0.4, 0.5) is 0 Å². The Morgan fingerprint density at radius 2 is 1.90 bits per heavy atom. The van der Waals surface area contributed by atoms with E-state index in [4.69, 9.17) is 0 Å². The van der Waals surface area contributed by atoms with E-state index in [0.717, 1.165) is 28.7 Å². The Labute approximate surface area is 119 Å². The highest BCUT2D eigenvalue weighted by Crippen LogP contribution is 2.26. The molecule has 1 aromatic carbocycles. The van der Waals surface area contributed by atoms with E-state index in [-0.39, 0.29) is 0 Å². The highest BCUT2D eigenvalue weighted by atomic mass is 16.4. The molecule has 1 aromatic heterocycles. The predicted octanol–water partition coefficient (Wildman–Crippen LogP) is 3.50. The summed E-state index contributed by atoms with van der Waals surface area (Å²) >= 11 is 0. The van der Waals surface area contributed by atoms with Gasteiger partial charge in [-0.2, -0.15) is 0 Å². The van der Waals surface area contributed by atoms with Crippen LogP contribution in [-0.2, 0) is 11.2 Å². The fraction of sp³-hybridized carbons (Fsp3) is 0.294. The van der Waals surface area contributed by atoms with E-state index in [1.54, 1.807) is 12.4 Å². The molecule has 1 unspecified atom stereocenters. The van der Waals surface area contributed by atoms with Crippen LogP contribution in [0.1, 0.15) is 34.6 Å². The van der Waals surface area contributed by atoms with Crippen molar-refractivity contribution < 1.29 is 9.90 Å². The van der Waals surface area contributed by atoms with Crippen molar-refractivity contribution in [2.75, 3.05) is 0 Å². The molecular weight excluding hydrogens is 250 g/mol. The molecule has 0 bridgehead atoms. The smallest absolute Gasteiger partial charge is 0.310 e. The van der Waals surface area contributed by atoms with Gasteiger partial charge in [0, 0.05) is 12.4 Å². The summed E-state index contributed by atoms with van der Waals surface area (Å²) in [6.45, 7) is 3.96. The third kappa shape index (κ3) is 3.44. The lowest BCUT2D eigenvalue weighted by Gasteiger charge is -2.16. The van der Waals surface area contributed by atoms with Crippen LogP contribution >= 0.6 is 0 Å². The molecule has 1 atom stereocenters. The van der Waals surface area contributed by atoms with Crippen molar-refractivity contribution in [3.05, 3.63) is 65.0 Å². The quantitative estimate of drug-likeness (QED) is 0.903. The summed E-state index contributed by atoms with van der Waals surface area (Å²) in [5.74, 6) is -1.21. The van der Waals surface area contributed by atoms with Crippen molar-refractivity contribution in [2.45, 2.75) is 32.6 Å². The van der Waals surface area contributed by atoms with Gasteiger partial charge in [0.05, 0.1) is 5.92 Å². The SMILES string of the molecule is Cc1ccc(C)c(C(CCc2ccncc2)C(=O)O)c1. The number of hydrogen-bond acceptors (Lipinski definition) is 2. The fourth-order valence-corrected chi connectivity index (χ4v) is 2.41. The summed E-state index contributed by atoms with van der Waals surface area (Å²) in [6.07, 6.45) is 4.82. The number of hydrogen-bond donors (Lipinski definition) is 1. The Bertz CT molecular complexity index is 593. The molecule has 2 aromatic rings. The fourth-order valence-electron chi connectivity index (χ4n) is 2.41. The van der Waals surface area contributed by atoms with Gasteiger partial charge >= 0.3 is 5.97 Å². The van der Waals surface area contributed by atoms with Crippen LogP contribution in [0.3, 0.4) is 0 Å². The van der Waals surface area contributed by atoms with Crippen molar-refractivity contribution in [2.24, 2.45) is 0 Å². The predicted molar refractivity (Wildman–Crippen MR) is 78.9 cm³/mol. The zero-order valence-electron chi connectivity index (χ0n) is 11.8. The van der Waals surface area contributed by atoms with Crippen LogP contribution in [0.5, 0.6) is 0 Å². The zero-order valence-corrected chi connectivity index (χ0v) is 11.8. The van der Waals surface area contributed by atoms with E-state index in [0.29, 0.717) is 6.42 Å². The molecule has 3 heteroatoms. The number of nitrogens with zero attached hydrogens (tertiary/aromatic N) is 1. The van der Waals surface area contributed by atoms with Crippen LogP contribution in [0, 0.1) is 13.8 Å². The van der Waals surface area contributed by atoms with Gasteiger partial charge in [0.1, 0.15) is 0 Å². The van der Waals surface area contributed by atoms with Crippen LogP contribution in [-0.4, -0.2) is 16.1 Å². The van der Waals surface area contributed by atoms with E-state index in [1.165, 1.54) is 0 Å². The molecule has 0 spiro atoms. The molecule has 0 aliphatic heterocycles. The second-order valence-electron chi connectivity index (χ2n) is 5.15. The third-order valence-electron chi connectivity index (χ3n) is 3.58. The minimum atomic E-state index is -0.757. The van der Waals surface area contributed by atoms with Gasteiger partial charge in [-0.15, -0.1) is 0 Å². The van der Waals surface area contributed by atoms with Gasteiger partial charge in [-0.1, -0.05) is 23.8 Å². The van der Waals surface area contributed by atoms with Gasteiger partial charge in [0.15, 0.2) is 0 Å². The van der Waals surface area contributed by atoms with Gasteiger partial charge in [-0.25, -0.2) is 0 Å². The Morgan fingerprint density at radius 1 is 1.20 bits per heavy atom. The van der Waals surface area contributed by atoms with Gasteiger partial charge in [0.25, 0.3) is 0 Å². The van der Waals surface area contributed by atoms with Crippen molar-refractivity contribution in [1.82, 2.24) is 4.98 Å². The lowest BCUT2D eigenvalue weighted by atomic mass is 9.89. The topological polar surface area (TPSA) is 50.2 Å². The molecule has 0 amide bonds. The van der Waals surface area contributed by atoms with Crippen LogP contribution in [0.2, 0.25) is 0 Å². The maximum absolute atomic E-state index is 11.6. The van der Waals surface area contributed by atoms with Crippen LogP contribution < -0.4 is 0 Å². The lowest BCUT2D eigenvalue weighted by molar-refractivity contribution is -0.139. The standard InChI is InChI=1S/C17H19NO2/c1-12-3-4-13(2)16(11-12)15(17(19)20)6-5-14-7-9-18-10-8-14/h3-4,7-11,15H,5-6H2,1-2H3,(H,19,20). The normalized spacial score (nSPS) is 12.1. The summed E-state index contributed by atoms with van der Waals surface area (Å²) in [5.41, 5.74) is 4.18. The number of benzene rings is 1. The zero-order chi connectivity index (χ0) is 14.5. The van der Waals surface area contributed by atoms with Gasteiger partial charge in [-0.05, 0) is 55.5 Å². The molecular formula is C17H19NO2. The minimum Gasteiger partial charge on any atom is -0.481 e. The number of aromatic nitrogens is 1. The minimum absolute atomic E-state index is 0.455. The molecule has 20 heavy (non-hydrogen) atoms. The Hall–Kier alpha value is -2.16. The first kappa shape index (κ1) is 14.3. The number of carboxylic acid groups (broad SMARTS) is 1. The van der Waals surface area contributed by atoms with E-state index in [1.807, 2.05) is 44.2 Å². The lowest BCUT2D eigenvalue weighted by Crippen LogP contribution is -2.14. The highest BCUT2D eigenvalue weighted by Gasteiger charge is 2.21. The molecule has 0 saturated carbocycles. The molecule has 0 aliphatic rings. The average Bonchev–Trinajstić information content (AvgIpc) is 2.43. The van der Waals surface area contributed by atoms with Crippen molar-refractivity contribution in [1.29, 1.82) is 0 Å². The molecule has 2 rings (SSSR count). The number of aryl methyl sites for hydroxylation is 3. The van der Waals surface area contributed by atoms with Crippen LogP contribution in [0.25, 0.3) is 0 Å². The molecule has 0 fully saturated rings. The number of aliphatic carboxylic acids is 1. The Balaban J connectivity index is 2.19. The van der Waals surface area contributed by atoms with Gasteiger partial charge in [-0.3, -0.25) is 9.78 Å². The van der Waals surface area contributed by atoms with Crippen molar-refractivity contribution in [3.63, 3.8) is 0 Å². The average molecular weight is 269 g/mol. The number of pyridine rings is 1. The maximum Gasteiger partial charge on any atom is 0.310 e. The first-order valence-electron chi connectivity index (χ1n) is 6.77. The summed E-state index contributed by atoms with van der Waals surface area (Å²) in [5, 5.41) is 9.51. The van der Waals surface area contributed by atoms with Gasteiger partial charge < -0.3 is 5.11 Å². The second-order valence-corrected chi connectivity index (χ2v) is 5.15. The van der Waals surface area contributed by atoms with Gasteiger partial charge in [0.2, 0.25) is 0 Å². The highest BCUT2D eigenvalue weighted by molar-refractivity contribution is 5.76. The number of rotatable bonds is 5. The first-order chi connectivity index (χ1) is 9.58. The van der Waals surface area contributed by atoms with E-state index in [9.17, 15) is 9.90 Å². The first-order valence-corrected chi connectivity index (χ1v) is 6.77. The van der Waals surface area contributed by atoms with Crippen LogP contribution in [0.15, 0.2) is 42.7 Å². The molecule has 1 heterocycles. The second kappa shape index (κ2) is 6.33. The summed E-state index contributed by atoms with van der Waals surface area (Å²) < 4.78 is 0. The molecule has 104 valence electrons. The third-order valence-corrected chi connectivity index (χ3v) is 3.58. The molecule has 3 nitrogen and oxygen atoms in total. The number of carbonyl (C=O) groups is 1. The molecule has 0 radical (unpaired) electrons. The summed E-state index contributed by atoms with van der Waals surface area (Å²) in [7, 11) is 0. The summed E-state index contributed by atoms with van der Waals surface area (Å²) in [6, 6.07) is 9.86.